The van der Waals surface area contributed by atoms with E-state index in [1.807, 2.05) is 0 Å². The van der Waals surface area contributed by atoms with Crippen LogP contribution in [0.5, 0.6) is 0 Å². The molecule has 0 saturated heterocycles. The van der Waals surface area contributed by atoms with Crippen molar-refractivity contribution in [2.45, 2.75) is 33.2 Å². The lowest BCUT2D eigenvalue weighted by Crippen LogP contribution is -2.34. The summed E-state index contributed by atoms with van der Waals surface area (Å²) in [7, 11) is 0. The molecule has 1 nitrogen and oxygen atoms in total. The van der Waals surface area contributed by atoms with Gasteiger partial charge in [-0.25, -0.2) is 0 Å². The Balaban J connectivity index is 2.49. The van der Waals surface area contributed by atoms with Crippen molar-refractivity contribution >= 4 is 0 Å². The molecule has 18 heavy (non-hydrogen) atoms. The molecule has 0 saturated carbocycles. The van der Waals surface area contributed by atoms with Gasteiger partial charge in [-0.2, -0.15) is 0 Å². The van der Waals surface area contributed by atoms with E-state index in [1.165, 1.54) is 22.3 Å². The minimum atomic E-state index is -0.440. The quantitative estimate of drug-likeness (QED) is 0.846. The second-order valence-electron chi connectivity index (χ2n) is 5.44. The fourth-order valence-electron chi connectivity index (χ4n) is 2.34. The molecule has 0 bridgehead atoms. The van der Waals surface area contributed by atoms with Gasteiger partial charge in [0, 0.05) is 0 Å². The fourth-order valence-corrected chi connectivity index (χ4v) is 2.34. The summed E-state index contributed by atoms with van der Waals surface area (Å²) in [4.78, 5) is 0. The molecular weight excluding hydrogens is 218 g/mol. The van der Waals surface area contributed by atoms with E-state index < -0.39 is 5.54 Å². The molecule has 0 heterocycles. The zero-order valence-electron chi connectivity index (χ0n) is 11.6. The molecule has 94 valence electrons. The Morgan fingerprint density at radius 3 is 1.72 bits per heavy atom. The maximum atomic E-state index is 6.55. The number of benzene rings is 2. The van der Waals surface area contributed by atoms with Gasteiger partial charge in [0.25, 0.3) is 0 Å². The molecule has 2 aromatic rings. The Bertz CT molecular complexity index is 530. The third-order valence-electron chi connectivity index (χ3n) is 3.47. The first-order valence-electron chi connectivity index (χ1n) is 6.34. The molecule has 1 heteroatoms. The van der Waals surface area contributed by atoms with Gasteiger partial charge in [0.15, 0.2) is 0 Å². The van der Waals surface area contributed by atoms with Crippen molar-refractivity contribution in [2.24, 2.45) is 5.73 Å². The SMILES string of the molecule is Cc1ccc(C(C)(N)c2cc(C)cc(C)c2)cc1. The van der Waals surface area contributed by atoms with Crippen LogP contribution >= 0.6 is 0 Å². The molecule has 0 amide bonds. The number of hydrogen-bond donors (Lipinski definition) is 1. The first kappa shape index (κ1) is 12.8. The third kappa shape index (κ3) is 2.46. The van der Waals surface area contributed by atoms with Crippen molar-refractivity contribution in [1.29, 1.82) is 0 Å². The molecule has 0 aliphatic rings. The summed E-state index contributed by atoms with van der Waals surface area (Å²) in [6, 6.07) is 15.0. The van der Waals surface area contributed by atoms with Crippen LogP contribution < -0.4 is 5.73 Å². The lowest BCUT2D eigenvalue weighted by molar-refractivity contribution is 0.602. The van der Waals surface area contributed by atoms with E-state index in [1.54, 1.807) is 0 Å². The van der Waals surface area contributed by atoms with E-state index in [-0.39, 0.29) is 0 Å². The Hall–Kier alpha value is -1.60. The highest BCUT2D eigenvalue weighted by Gasteiger charge is 2.23. The molecule has 0 aromatic heterocycles. The van der Waals surface area contributed by atoms with Gasteiger partial charge in [-0.1, -0.05) is 59.2 Å². The van der Waals surface area contributed by atoms with E-state index in [0.29, 0.717) is 0 Å². The number of aryl methyl sites for hydroxylation is 3. The summed E-state index contributed by atoms with van der Waals surface area (Å²) < 4.78 is 0. The molecule has 0 radical (unpaired) electrons. The van der Waals surface area contributed by atoms with Gasteiger partial charge in [0.1, 0.15) is 0 Å². The van der Waals surface area contributed by atoms with Gasteiger partial charge in [-0.3, -0.25) is 0 Å². The van der Waals surface area contributed by atoms with Gasteiger partial charge in [-0.05, 0) is 38.8 Å². The first-order valence-corrected chi connectivity index (χ1v) is 6.34. The zero-order valence-corrected chi connectivity index (χ0v) is 11.6. The van der Waals surface area contributed by atoms with Crippen LogP contribution in [-0.4, -0.2) is 0 Å². The summed E-state index contributed by atoms with van der Waals surface area (Å²) in [6.45, 7) is 8.39. The summed E-state index contributed by atoms with van der Waals surface area (Å²) in [5, 5.41) is 0. The maximum absolute atomic E-state index is 6.55. The second-order valence-corrected chi connectivity index (χ2v) is 5.44. The number of hydrogen-bond acceptors (Lipinski definition) is 1. The van der Waals surface area contributed by atoms with E-state index in [2.05, 4.69) is 70.2 Å². The molecule has 2 rings (SSSR count). The normalized spacial score (nSPS) is 14.3. The molecule has 1 atom stereocenters. The van der Waals surface area contributed by atoms with Gasteiger partial charge < -0.3 is 5.73 Å². The Kier molecular flexibility index (Phi) is 3.27. The molecule has 0 fully saturated rings. The Morgan fingerprint density at radius 2 is 1.22 bits per heavy atom. The minimum Gasteiger partial charge on any atom is -0.318 e. The van der Waals surface area contributed by atoms with Crippen LogP contribution in [-0.2, 0) is 5.54 Å². The zero-order chi connectivity index (χ0) is 13.3. The van der Waals surface area contributed by atoms with Crippen LogP contribution in [0.2, 0.25) is 0 Å². The smallest absolute Gasteiger partial charge is 0.0637 e. The third-order valence-corrected chi connectivity index (χ3v) is 3.47. The molecule has 1 unspecified atom stereocenters. The Morgan fingerprint density at radius 1 is 0.722 bits per heavy atom. The maximum Gasteiger partial charge on any atom is 0.0637 e. The van der Waals surface area contributed by atoms with Crippen LogP contribution in [0.4, 0.5) is 0 Å². The molecule has 0 spiro atoms. The van der Waals surface area contributed by atoms with E-state index in [4.69, 9.17) is 5.73 Å². The Labute approximate surface area is 110 Å². The molecule has 2 aromatic carbocycles. The summed E-state index contributed by atoms with van der Waals surface area (Å²) in [5.41, 5.74) is 12.2. The average molecular weight is 239 g/mol. The van der Waals surface area contributed by atoms with Crippen LogP contribution in [0, 0.1) is 20.8 Å². The highest BCUT2D eigenvalue weighted by Crippen LogP contribution is 2.28. The van der Waals surface area contributed by atoms with E-state index >= 15 is 0 Å². The first-order chi connectivity index (χ1) is 8.39. The number of rotatable bonds is 2. The van der Waals surface area contributed by atoms with Crippen molar-refractivity contribution in [2.75, 3.05) is 0 Å². The summed E-state index contributed by atoms with van der Waals surface area (Å²) >= 11 is 0. The van der Waals surface area contributed by atoms with Crippen molar-refractivity contribution in [3.8, 4) is 0 Å². The van der Waals surface area contributed by atoms with Gasteiger partial charge in [0.2, 0.25) is 0 Å². The van der Waals surface area contributed by atoms with Crippen LogP contribution in [0.15, 0.2) is 42.5 Å². The highest BCUT2D eigenvalue weighted by molar-refractivity contribution is 5.41. The fraction of sp³-hybridized carbons (Fsp3) is 0.294. The van der Waals surface area contributed by atoms with Crippen molar-refractivity contribution in [3.05, 3.63) is 70.3 Å². The molecule has 0 aliphatic carbocycles. The minimum absolute atomic E-state index is 0.440. The van der Waals surface area contributed by atoms with Crippen molar-refractivity contribution in [3.63, 3.8) is 0 Å². The topological polar surface area (TPSA) is 26.0 Å². The second kappa shape index (κ2) is 4.58. The molecule has 0 aliphatic heterocycles. The van der Waals surface area contributed by atoms with Gasteiger partial charge in [-0.15, -0.1) is 0 Å². The van der Waals surface area contributed by atoms with Crippen LogP contribution in [0.1, 0.15) is 34.7 Å². The lowest BCUT2D eigenvalue weighted by atomic mass is 9.84. The van der Waals surface area contributed by atoms with Gasteiger partial charge in [0.05, 0.1) is 5.54 Å². The lowest BCUT2D eigenvalue weighted by Gasteiger charge is -2.27. The van der Waals surface area contributed by atoms with E-state index in [9.17, 15) is 0 Å². The average Bonchev–Trinajstić information content (AvgIpc) is 2.28. The van der Waals surface area contributed by atoms with Gasteiger partial charge >= 0.3 is 0 Å². The highest BCUT2D eigenvalue weighted by atomic mass is 14.7. The van der Waals surface area contributed by atoms with Crippen LogP contribution in [0.25, 0.3) is 0 Å². The van der Waals surface area contributed by atoms with Crippen LogP contribution in [0.3, 0.4) is 0 Å². The molecule has 2 N–H and O–H groups in total. The van der Waals surface area contributed by atoms with Crippen molar-refractivity contribution in [1.82, 2.24) is 0 Å². The standard InChI is InChI=1S/C17H21N/c1-12-5-7-15(8-6-12)17(4,18)16-10-13(2)9-14(3)11-16/h5-11H,18H2,1-4H3. The van der Waals surface area contributed by atoms with Crippen molar-refractivity contribution < 1.29 is 0 Å². The number of nitrogens with two attached hydrogens (primary N) is 1. The van der Waals surface area contributed by atoms with E-state index in [0.717, 1.165) is 5.56 Å². The summed E-state index contributed by atoms with van der Waals surface area (Å²) in [5.74, 6) is 0. The predicted octanol–water partition coefficient (Wildman–Crippen LogP) is 3.83. The largest absolute Gasteiger partial charge is 0.318 e. The molecular formula is C17H21N. The predicted molar refractivity (Wildman–Crippen MR) is 77.7 cm³/mol. The monoisotopic (exact) mass is 239 g/mol. The summed E-state index contributed by atoms with van der Waals surface area (Å²) in [6.07, 6.45) is 0.